The van der Waals surface area contributed by atoms with E-state index in [2.05, 4.69) is 10.3 Å². The van der Waals surface area contributed by atoms with Crippen LogP contribution in [0.25, 0.3) is 6.20 Å². The number of primary amides is 1. The Morgan fingerprint density at radius 3 is 3.05 bits per heavy atom. The smallest absolute Gasteiger partial charge is 0.266 e. The van der Waals surface area contributed by atoms with E-state index in [0.29, 0.717) is 17.9 Å². The van der Waals surface area contributed by atoms with Gasteiger partial charge in [-0.05, 0) is 40.8 Å². The molecule has 22 heavy (non-hydrogen) atoms. The Morgan fingerprint density at radius 2 is 2.32 bits per heavy atom. The number of carbonyl (C=O) groups excluding carboxylic acids is 1. The van der Waals surface area contributed by atoms with E-state index in [4.69, 9.17) is 5.73 Å². The van der Waals surface area contributed by atoms with Crippen LogP contribution < -0.4 is 11.1 Å². The molecule has 0 fully saturated rings. The summed E-state index contributed by atoms with van der Waals surface area (Å²) >= 11 is 2.05. The average Bonchev–Trinajstić information content (AvgIpc) is 2.92. The molecular weight excluding hydrogens is 400 g/mol. The lowest BCUT2D eigenvalue weighted by Crippen LogP contribution is -2.37. The van der Waals surface area contributed by atoms with Crippen LogP contribution >= 0.6 is 22.6 Å². The van der Waals surface area contributed by atoms with Crippen LogP contribution in [0.2, 0.25) is 0 Å². The van der Waals surface area contributed by atoms with Crippen molar-refractivity contribution in [2.24, 2.45) is 5.73 Å². The van der Waals surface area contributed by atoms with E-state index in [1.54, 1.807) is 34.3 Å². The first-order valence-electron chi connectivity index (χ1n) is 6.51. The fourth-order valence-electron chi connectivity index (χ4n) is 2.24. The Morgan fingerprint density at radius 1 is 1.50 bits per heavy atom. The van der Waals surface area contributed by atoms with Gasteiger partial charge in [0.2, 0.25) is 0 Å². The summed E-state index contributed by atoms with van der Waals surface area (Å²) in [6, 6.07) is 4.92. The van der Waals surface area contributed by atoms with Crippen molar-refractivity contribution < 1.29 is 9.18 Å². The molecule has 1 aromatic heterocycles. The van der Waals surface area contributed by atoms with Crippen molar-refractivity contribution in [3.63, 3.8) is 0 Å². The molecule has 1 aliphatic rings. The van der Waals surface area contributed by atoms with E-state index in [-0.39, 0.29) is 12.5 Å². The largest absolute Gasteiger partial charge is 0.365 e. The predicted molar refractivity (Wildman–Crippen MR) is 88.8 cm³/mol. The number of anilines is 1. The van der Waals surface area contributed by atoms with Gasteiger partial charge in [-0.25, -0.2) is 9.37 Å². The first kappa shape index (κ1) is 14.8. The van der Waals surface area contributed by atoms with Crippen LogP contribution in [0.3, 0.4) is 0 Å². The molecule has 1 aromatic carbocycles. The number of aromatic nitrogens is 2. The summed E-state index contributed by atoms with van der Waals surface area (Å²) in [5.41, 5.74) is 7.07. The lowest BCUT2D eigenvalue weighted by molar-refractivity contribution is -0.116. The minimum Gasteiger partial charge on any atom is -0.365 e. The fraction of sp³-hybridized carbons (Fsp3) is 0.143. The first-order chi connectivity index (χ1) is 10.5. The topological polar surface area (TPSA) is 76.2 Å². The quantitative estimate of drug-likeness (QED) is 0.750. The monoisotopic (exact) mass is 413 g/mol. The number of hydrogen-bond acceptors (Lipinski definition) is 4. The van der Waals surface area contributed by atoms with Crippen molar-refractivity contribution in [1.29, 1.82) is 0 Å². The van der Waals surface area contributed by atoms with Crippen LogP contribution in [0.1, 0.15) is 5.69 Å². The third-order valence-electron chi connectivity index (χ3n) is 3.35. The highest BCUT2D eigenvalue weighted by Crippen LogP contribution is 2.21. The van der Waals surface area contributed by atoms with Gasteiger partial charge >= 0.3 is 0 Å². The van der Waals surface area contributed by atoms with Gasteiger partial charge in [-0.15, -0.1) is 0 Å². The maximum atomic E-state index is 13.8. The molecule has 3 rings (SSSR count). The number of benzene rings is 1. The summed E-state index contributed by atoms with van der Waals surface area (Å²) in [6.07, 6.45) is 4.95. The lowest BCUT2D eigenvalue weighted by atomic mass is 10.2. The average molecular weight is 413 g/mol. The molecule has 0 saturated heterocycles. The van der Waals surface area contributed by atoms with Gasteiger partial charge in [-0.3, -0.25) is 4.79 Å². The van der Waals surface area contributed by atoms with Crippen molar-refractivity contribution in [2.45, 2.75) is 6.54 Å². The molecule has 0 saturated carbocycles. The van der Waals surface area contributed by atoms with Gasteiger partial charge in [0, 0.05) is 9.77 Å². The number of nitrogens with one attached hydrogen (secondary N) is 1. The molecule has 6 nitrogen and oxygen atoms in total. The first-order valence-corrected chi connectivity index (χ1v) is 7.58. The standard InChI is InChI=1S/C14H13FIN5O/c15-11-3-9(16)1-2-12(11)19-8-21-5-10-4-18-7-20(10)6-13(21)14(17)22/h1-4,6-7,19H,5,8H2,(H2,17,22). The molecule has 2 aromatic rings. The molecule has 1 amide bonds. The molecule has 0 bridgehead atoms. The van der Waals surface area contributed by atoms with Crippen LogP contribution in [0.5, 0.6) is 0 Å². The number of hydrogen-bond donors (Lipinski definition) is 2. The number of amides is 1. The highest BCUT2D eigenvalue weighted by atomic mass is 127. The Bertz CT molecular complexity index is 757. The summed E-state index contributed by atoms with van der Waals surface area (Å²) in [6.45, 7) is 0.727. The van der Waals surface area contributed by atoms with Crippen LogP contribution in [-0.2, 0) is 11.3 Å². The zero-order chi connectivity index (χ0) is 15.7. The van der Waals surface area contributed by atoms with Gasteiger partial charge in [0.25, 0.3) is 5.91 Å². The van der Waals surface area contributed by atoms with E-state index >= 15 is 0 Å². The predicted octanol–water partition coefficient (Wildman–Crippen LogP) is 1.80. The van der Waals surface area contributed by atoms with Crippen molar-refractivity contribution in [3.05, 3.63) is 51.5 Å². The van der Waals surface area contributed by atoms with Crippen LogP contribution in [0.15, 0.2) is 36.4 Å². The third-order valence-corrected chi connectivity index (χ3v) is 4.02. The SMILES string of the molecule is NC(=O)C1=Cn2cncc2CN1CNc1ccc(I)cc1F. The second kappa shape index (κ2) is 5.95. The van der Waals surface area contributed by atoms with Gasteiger partial charge < -0.3 is 20.5 Å². The maximum Gasteiger partial charge on any atom is 0.266 e. The number of nitrogens with zero attached hydrogens (tertiary/aromatic N) is 3. The fourth-order valence-corrected chi connectivity index (χ4v) is 2.69. The van der Waals surface area contributed by atoms with E-state index in [0.717, 1.165) is 9.26 Å². The molecule has 1 aliphatic heterocycles. The second-order valence-electron chi connectivity index (χ2n) is 4.83. The van der Waals surface area contributed by atoms with Crippen LogP contribution in [0, 0.1) is 9.39 Å². The van der Waals surface area contributed by atoms with E-state index in [1.807, 2.05) is 28.7 Å². The lowest BCUT2D eigenvalue weighted by Gasteiger charge is -2.29. The number of rotatable bonds is 4. The normalized spacial score (nSPS) is 13.5. The van der Waals surface area contributed by atoms with Crippen molar-refractivity contribution >= 4 is 40.4 Å². The van der Waals surface area contributed by atoms with Crippen LogP contribution in [0.4, 0.5) is 10.1 Å². The summed E-state index contributed by atoms with van der Waals surface area (Å²) in [5, 5.41) is 2.99. The second-order valence-corrected chi connectivity index (χ2v) is 6.07. The zero-order valence-corrected chi connectivity index (χ0v) is 13.6. The minimum atomic E-state index is -0.538. The Kier molecular flexibility index (Phi) is 4.01. The molecule has 0 atom stereocenters. The molecule has 0 spiro atoms. The van der Waals surface area contributed by atoms with E-state index in [1.165, 1.54) is 6.07 Å². The Labute approximate surface area is 139 Å². The molecular formula is C14H13FIN5O. The summed E-state index contributed by atoms with van der Waals surface area (Å²) < 4.78 is 16.4. The number of carbonyl (C=O) groups is 1. The Hall–Kier alpha value is -2.10. The van der Waals surface area contributed by atoms with E-state index in [9.17, 15) is 9.18 Å². The Balaban J connectivity index is 1.78. The molecule has 0 aliphatic carbocycles. The maximum absolute atomic E-state index is 13.8. The minimum absolute atomic E-state index is 0.261. The molecule has 3 N–H and O–H groups in total. The van der Waals surface area contributed by atoms with Crippen molar-refractivity contribution in [2.75, 3.05) is 12.0 Å². The number of nitrogens with two attached hydrogens (primary N) is 1. The molecule has 8 heteroatoms. The van der Waals surface area contributed by atoms with Gasteiger partial charge in [0.05, 0.1) is 37.1 Å². The van der Waals surface area contributed by atoms with Gasteiger partial charge in [-0.2, -0.15) is 0 Å². The highest BCUT2D eigenvalue weighted by molar-refractivity contribution is 14.1. The molecule has 0 radical (unpaired) electrons. The molecule has 114 valence electrons. The van der Waals surface area contributed by atoms with Gasteiger partial charge in [0.15, 0.2) is 0 Å². The number of fused-ring (bicyclic) bond motifs is 1. The summed E-state index contributed by atoms with van der Waals surface area (Å²) in [7, 11) is 0. The van der Waals surface area contributed by atoms with Crippen LogP contribution in [-0.4, -0.2) is 27.0 Å². The molecule has 2 heterocycles. The zero-order valence-electron chi connectivity index (χ0n) is 11.5. The molecule has 0 unspecified atom stereocenters. The van der Waals surface area contributed by atoms with Crippen molar-refractivity contribution in [3.8, 4) is 0 Å². The number of imidazole rings is 1. The van der Waals surface area contributed by atoms with Gasteiger partial charge in [0.1, 0.15) is 11.5 Å². The highest BCUT2D eigenvalue weighted by Gasteiger charge is 2.22. The third kappa shape index (κ3) is 2.91. The van der Waals surface area contributed by atoms with Gasteiger partial charge in [-0.1, -0.05) is 0 Å². The summed E-state index contributed by atoms with van der Waals surface area (Å²) in [4.78, 5) is 17.4. The van der Waals surface area contributed by atoms with E-state index < -0.39 is 5.91 Å². The van der Waals surface area contributed by atoms with Crippen molar-refractivity contribution in [1.82, 2.24) is 14.5 Å². The number of halogens is 2. The summed E-state index contributed by atoms with van der Waals surface area (Å²) in [5.74, 6) is -0.872.